The number of hydrogen-bond donors (Lipinski definition) is 1. The van der Waals surface area contributed by atoms with Gasteiger partial charge in [-0.3, -0.25) is 4.98 Å². The molecule has 0 atom stereocenters. The van der Waals surface area contributed by atoms with Crippen LogP contribution in [0.2, 0.25) is 15.1 Å². The molecule has 0 aliphatic heterocycles. The van der Waals surface area contributed by atoms with Gasteiger partial charge in [-0.1, -0.05) is 34.8 Å². The molecule has 0 aliphatic carbocycles. The molecule has 1 aromatic heterocycles. The lowest BCUT2D eigenvalue weighted by Crippen LogP contribution is -1.97. The number of halogens is 3. The molecule has 0 bridgehead atoms. The first-order chi connectivity index (χ1) is 9.04. The fourth-order valence-electron chi connectivity index (χ4n) is 1.65. The van der Waals surface area contributed by atoms with Crippen LogP contribution in [0.5, 0.6) is 0 Å². The van der Waals surface area contributed by atoms with Gasteiger partial charge in [-0.25, -0.2) is 0 Å². The van der Waals surface area contributed by atoms with Crippen LogP contribution in [0, 0.1) is 11.3 Å². The lowest BCUT2D eigenvalue weighted by atomic mass is 10.1. The predicted octanol–water partition coefficient (Wildman–Crippen LogP) is 4.36. The fraction of sp³-hybridized carbons (Fsp3) is 0.0769. The van der Waals surface area contributed by atoms with Crippen LogP contribution < -0.4 is 5.73 Å². The van der Waals surface area contributed by atoms with Crippen LogP contribution >= 0.6 is 34.8 Å². The average Bonchev–Trinajstić information content (AvgIpc) is 2.38. The first-order valence-electron chi connectivity index (χ1n) is 5.29. The van der Waals surface area contributed by atoms with Gasteiger partial charge in [0.25, 0.3) is 0 Å². The molecule has 2 N–H and O–H groups in total. The number of benzene rings is 1. The normalized spacial score (nSPS) is 10.2. The van der Waals surface area contributed by atoms with Crippen molar-refractivity contribution in [1.82, 2.24) is 4.98 Å². The number of pyridine rings is 1. The number of hydrogen-bond acceptors (Lipinski definition) is 3. The van der Waals surface area contributed by atoms with Crippen molar-refractivity contribution in [1.29, 1.82) is 5.26 Å². The third kappa shape index (κ3) is 2.76. The molecule has 96 valence electrons. The van der Waals surface area contributed by atoms with E-state index in [1.807, 2.05) is 6.07 Å². The molecule has 2 rings (SSSR count). The summed E-state index contributed by atoms with van der Waals surface area (Å²) in [6, 6.07) is 7.08. The number of nitrogens with two attached hydrogens (primary N) is 1. The van der Waals surface area contributed by atoms with Gasteiger partial charge in [0, 0.05) is 11.8 Å². The summed E-state index contributed by atoms with van der Waals surface area (Å²) in [7, 11) is 0. The molecule has 0 saturated heterocycles. The zero-order valence-electron chi connectivity index (χ0n) is 9.62. The largest absolute Gasteiger partial charge is 0.397 e. The Morgan fingerprint density at radius 3 is 2.58 bits per heavy atom. The number of nitriles is 1. The van der Waals surface area contributed by atoms with Gasteiger partial charge in [0.2, 0.25) is 0 Å². The first kappa shape index (κ1) is 14.0. The minimum Gasteiger partial charge on any atom is -0.397 e. The molecule has 0 unspecified atom stereocenters. The molecule has 1 heterocycles. The zero-order chi connectivity index (χ0) is 14.0. The maximum absolute atomic E-state index is 8.64. The summed E-state index contributed by atoms with van der Waals surface area (Å²) in [5.41, 5.74) is 8.25. The molecular formula is C13H8Cl3N3. The van der Waals surface area contributed by atoms with Crippen molar-refractivity contribution < 1.29 is 0 Å². The Bertz CT molecular complexity index is 678. The number of nitrogens with zero attached hydrogens (tertiary/aromatic N) is 2. The van der Waals surface area contributed by atoms with Crippen molar-refractivity contribution in [3.8, 4) is 17.3 Å². The summed E-state index contributed by atoms with van der Waals surface area (Å²) in [6.45, 7) is 0. The average molecular weight is 313 g/mol. The minimum atomic E-state index is 0.257. The first-order valence-corrected chi connectivity index (χ1v) is 6.43. The van der Waals surface area contributed by atoms with Gasteiger partial charge < -0.3 is 5.73 Å². The lowest BCUT2D eigenvalue weighted by Gasteiger charge is -2.10. The summed E-state index contributed by atoms with van der Waals surface area (Å²) in [5, 5.41) is 9.58. The molecule has 2 aromatic rings. The summed E-state index contributed by atoms with van der Waals surface area (Å²) < 4.78 is 0. The van der Waals surface area contributed by atoms with E-state index in [4.69, 9.17) is 45.8 Å². The molecule has 0 spiro atoms. The van der Waals surface area contributed by atoms with Gasteiger partial charge in [-0.05, 0) is 23.8 Å². The number of rotatable bonds is 2. The summed E-state index contributed by atoms with van der Waals surface area (Å²) in [4.78, 5) is 4.24. The van der Waals surface area contributed by atoms with E-state index in [2.05, 4.69) is 4.98 Å². The Morgan fingerprint density at radius 2 is 1.95 bits per heavy atom. The van der Waals surface area contributed by atoms with E-state index < -0.39 is 0 Å². The van der Waals surface area contributed by atoms with Crippen LogP contribution in [0.4, 0.5) is 5.69 Å². The Kier molecular flexibility index (Phi) is 4.16. The third-order valence-electron chi connectivity index (χ3n) is 2.55. The quantitative estimate of drug-likeness (QED) is 0.838. The second kappa shape index (κ2) is 5.66. The summed E-state index contributed by atoms with van der Waals surface area (Å²) in [5.74, 6) is 0. The van der Waals surface area contributed by atoms with Crippen LogP contribution in [-0.2, 0) is 6.42 Å². The van der Waals surface area contributed by atoms with Gasteiger partial charge in [0.1, 0.15) is 0 Å². The molecule has 0 aliphatic rings. The van der Waals surface area contributed by atoms with Crippen molar-refractivity contribution in [3.05, 3.63) is 45.0 Å². The highest BCUT2D eigenvalue weighted by molar-refractivity contribution is 6.49. The van der Waals surface area contributed by atoms with E-state index in [0.29, 0.717) is 27.0 Å². The van der Waals surface area contributed by atoms with Gasteiger partial charge in [-0.15, -0.1) is 0 Å². The Hall–Kier alpha value is -1.47. The maximum Gasteiger partial charge on any atom is 0.0946 e. The molecule has 0 radical (unpaired) electrons. The van der Waals surface area contributed by atoms with Crippen molar-refractivity contribution >= 4 is 40.5 Å². The van der Waals surface area contributed by atoms with Crippen LogP contribution in [0.1, 0.15) is 5.56 Å². The SMILES string of the molecule is N#CCc1cnc(-c2ccc(Cl)c(Cl)c2Cl)c(N)c1. The molecule has 0 amide bonds. The van der Waals surface area contributed by atoms with E-state index in [1.54, 1.807) is 24.4 Å². The van der Waals surface area contributed by atoms with Gasteiger partial charge in [-0.2, -0.15) is 5.26 Å². The van der Waals surface area contributed by atoms with Crippen LogP contribution in [0.15, 0.2) is 24.4 Å². The van der Waals surface area contributed by atoms with Crippen LogP contribution in [-0.4, -0.2) is 4.98 Å². The van der Waals surface area contributed by atoms with Crippen molar-refractivity contribution in [2.75, 3.05) is 5.73 Å². The van der Waals surface area contributed by atoms with E-state index in [1.165, 1.54) is 0 Å². The molecule has 0 saturated carbocycles. The highest BCUT2D eigenvalue weighted by Crippen LogP contribution is 2.39. The van der Waals surface area contributed by atoms with Gasteiger partial charge >= 0.3 is 0 Å². The van der Waals surface area contributed by atoms with Crippen molar-refractivity contribution in [2.45, 2.75) is 6.42 Å². The van der Waals surface area contributed by atoms with E-state index in [-0.39, 0.29) is 11.4 Å². The third-order valence-corrected chi connectivity index (χ3v) is 3.84. The number of nitrogen functional groups attached to an aromatic ring is 1. The van der Waals surface area contributed by atoms with E-state index >= 15 is 0 Å². The van der Waals surface area contributed by atoms with Crippen LogP contribution in [0.3, 0.4) is 0 Å². The number of anilines is 1. The molecular weight excluding hydrogens is 305 g/mol. The Morgan fingerprint density at radius 1 is 1.21 bits per heavy atom. The highest BCUT2D eigenvalue weighted by atomic mass is 35.5. The Balaban J connectivity index is 2.54. The van der Waals surface area contributed by atoms with E-state index in [0.717, 1.165) is 5.56 Å². The summed E-state index contributed by atoms with van der Waals surface area (Å²) >= 11 is 18.0. The van der Waals surface area contributed by atoms with Gasteiger partial charge in [0.05, 0.1) is 38.9 Å². The standard InChI is InChI=1S/C13H8Cl3N3/c14-9-2-1-8(11(15)12(9)16)13-10(18)5-7(3-4-17)6-19-13/h1-2,5-6H,3,18H2. The maximum atomic E-state index is 8.64. The van der Waals surface area contributed by atoms with Crippen molar-refractivity contribution in [3.63, 3.8) is 0 Å². The van der Waals surface area contributed by atoms with Crippen molar-refractivity contribution in [2.24, 2.45) is 0 Å². The second-order valence-electron chi connectivity index (χ2n) is 3.84. The number of aromatic nitrogens is 1. The molecule has 6 heteroatoms. The molecule has 3 nitrogen and oxygen atoms in total. The van der Waals surface area contributed by atoms with Gasteiger partial charge in [0.15, 0.2) is 0 Å². The highest BCUT2D eigenvalue weighted by Gasteiger charge is 2.14. The second-order valence-corrected chi connectivity index (χ2v) is 5.00. The minimum absolute atomic E-state index is 0.257. The fourth-order valence-corrected chi connectivity index (χ4v) is 2.27. The predicted molar refractivity (Wildman–Crippen MR) is 78.4 cm³/mol. The zero-order valence-corrected chi connectivity index (χ0v) is 11.9. The monoisotopic (exact) mass is 311 g/mol. The Labute approximate surface area is 125 Å². The molecule has 0 fully saturated rings. The topological polar surface area (TPSA) is 62.7 Å². The lowest BCUT2D eigenvalue weighted by molar-refractivity contribution is 1.20. The summed E-state index contributed by atoms with van der Waals surface area (Å²) in [6.07, 6.45) is 1.85. The van der Waals surface area contributed by atoms with Crippen LogP contribution in [0.25, 0.3) is 11.3 Å². The smallest absolute Gasteiger partial charge is 0.0946 e. The molecule has 19 heavy (non-hydrogen) atoms. The van der Waals surface area contributed by atoms with E-state index in [9.17, 15) is 0 Å². The molecule has 1 aromatic carbocycles.